The molecule has 0 unspecified atom stereocenters. The van der Waals surface area contributed by atoms with Crippen molar-refractivity contribution in [2.45, 2.75) is 26.4 Å². The monoisotopic (exact) mass is 386 g/mol. The summed E-state index contributed by atoms with van der Waals surface area (Å²) in [5, 5.41) is 7.95. The Kier molecular flexibility index (Phi) is 5.70. The number of hydrogen-bond donors (Lipinski definition) is 2. The van der Waals surface area contributed by atoms with Gasteiger partial charge in [0.2, 0.25) is 0 Å². The van der Waals surface area contributed by atoms with E-state index in [2.05, 4.69) is 79.5 Å². The van der Waals surface area contributed by atoms with Gasteiger partial charge in [-0.05, 0) is 37.1 Å². The lowest BCUT2D eigenvalue weighted by Crippen LogP contribution is -2.37. The maximum atomic E-state index is 4.63. The minimum absolute atomic E-state index is 0.680. The summed E-state index contributed by atoms with van der Waals surface area (Å²) in [5.74, 6) is 1.85. The number of imidazole rings is 1. The second-order valence-electron chi connectivity index (χ2n) is 7.00. The van der Waals surface area contributed by atoms with E-state index >= 15 is 0 Å². The highest BCUT2D eigenvalue weighted by Crippen LogP contribution is 2.16. The second kappa shape index (κ2) is 8.73. The van der Waals surface area contributed by atoms with Crippen LogP contribution in [0.2, 0.25) is 0 Å². The van der Waals surface area contributed by atoms with Gasteiger partial charge in [-0.15, -0.1) is 0 Å². The molecule has 0 atom stereocenters. The zero-order chi connectivity index (χ0) is 20.1. The number of rotatable bonds is 6. The molecule has 0 radical (unpaired) electrons. The van der Waals surface area contributed by atoms with E-state index in [0.717, 1.165) is 53.3 Å². The molecule has 0 aliphatic rings. The molecule has 2 aromatic carbocycles. The van der Waals surface area contributed by atoms with Gasteiger partial charge in [-0.3, -0.25) is 9.98 Å². The van der Waals surface area contributed by atoms with Crippen LogP contribution in [0.25, 0.3) is 21.9 Å². The number of guanidine groups is 1. The summed E-state index contributed by atoms with van der Waals surface area (Å²) in [6, 6.07) is 18.6. The molecule has 29 heavy (non-hydrogen) atoms. The number of aliphatic imine (C=N–C) groups is 1. The first-order valence-corrected chi connectivity index (χ1v) is 9.95. The highest BCUT2D eigenvalue weighted by Gasteiger charge is 2.07. The van der Waals surface area contributed by atoms with Gasteiger partial charge in [0.15, 0.2) is 5.96 Å². The number of benzene rings is 2. The van der Waals surface area contributed by atoms with E-state index in [1.807, 2.05) is 18.3 Å². The van der Waals surface area contributed by atoms with Crippen molar-refractivity contribution >= 4 is 27.9 Å². The van der Waals surface area contributed by atoms with E-state index in [4.69, 9.17) is 0 Å². The molecule has 6 nitrogen and oxygen atoms in total. The van der Waals surface area contributed by atoms with E-state index in [1.54, 1.807) is 7.05 Å². The largest absolute Gasteiger partial charge is 0.356 e. The first-order valence-electron chi connectivity index (χ1n) is 9.95. The maximum absolute atomic E-state index is 4.63. The normalized spacial score (nSPS) is 11.9. The molecule has 4 aromatic rings. The number of para-hydroxylation sites is 3. The molecule has 2 N–H and O–H groups in total. The van der Waals surface area contributed by atoms with Gasteiger partial charge in [0.05, 0.1) is 16.6 Å². The zero-order valence-corrected chi connectivity index (χ0v) is 16.9. The lowest BCUT2D eigenvalue weighted by molar-refractivity contribution is 0.624. The fraction of sp³-hybridized carbons (Fsp3) is 0.261. The van der Waals surface area contributed by atoms with Crippen LogP contribution in [0.1, 0.15) is 17.8 Å². The minimum Gasteiger partial charge on any atom is -0.356 e. The average Bonchev–Trinajstić information content (AvgIpc) is 3.08. The van der Waals surface area contributed by atoms with E-state index in [9.17, 15) is 0 Å². The highest BCUT2D eigenvalue weighted by molar-refractivity contribution is 5.83. The number of hydrogen-bond acceptors (Lipinski definition) is 3. The van der Waals surface area contributed by atoms with Crippen molar-refractivity contribution < 1.29 is 0 Å². The molecule has 0 aliphatic heterocycles. The lowest BCUT2D eigenvalue weighted by Gasteiger charge is -2.13. The van der Waals surface area contributed by atoms with Gasteiger partial charge < -0.3 is 15.2 Å². The molecule has 148 valence electrons. The van der Waals surface area contributed by atoms with Crippen molar-refractivity contribution in [2.24, 2.45) is 4.99 Å². The van der Waals surface area contributed by atoms with Crippen molar-refractivity contribution in [3.05, 3.63) is 72.2 Å². The van der Waals surface area contributed by atoms with Crippen LogP contribution in [0.4, 0.5) is 0 Å². The van der Waals surface area contributed by atoms with Gasteiger partial charge >= 0.3 is 0 Å². The number of aromatic nitrogens is 3. The van der Waals surface area contributed by atoms with Crippen molar-refractivity contribution in [3.8, 4) is 0 Å². The second-order valence-corrected chi connectivity index (χ2v) is 7.00. The fourth-order valence-corrected chi connectivity index (χ4v) is 3.63. The molecule has 4 rings (SSSR count). The third-order valence-corrected chi connectivity index (χ3v) is 5.08. The first kappa shape index (κ1) is 18.9. The highest BCUT2D eigenvalue weighted by atomic mass is 15.2. The molecule has 0 saturated carbocycles. The topological polar surface area (TPSA) is 67.1 Å². The SMILES string of the molecule is CN=C(NCCCn1c(C)nc2ccccc21)NCc1cccc2cccnc12. The number of nitrogens with one attached hydrogen (secondary N) is 2. The lowest BCUT2D eigenvalue weighted by atomic mass is 10.1. The van der Waals surface area contributed by atoms with Crippen LogP contribution in [0.3, 0.4) is 0 Å². The van der Waals surface area contributed by atoms with E-state index in [-0.39, 0.29) is 0 Å². The van der Waals surface area contributed by atoms with E-state index in [1.165, 1.54) is 5.52 Å². The number of pyridine rings is 1. The molecule has 2 aromatic heterocycles. The van der Waals surface area contributed by atoms with Crippen molar-refractivity contribution in [3.63, 3.8) is 0 Å². The van der Waals surface area contributed by atoms with Gasteiger partial charge in [0.1, 0.15) is 5.82 Å². The summed E-state index contributed by atoms with van der Waals surface area (Å²) in [6.07, 6.45) is 2.82. The maximum Gasteiger partial charge on any atom is 0.191 e. The Morgan fingerprint density at radius 1 is 1.03 bits per heavy atom. The van der Waals surface area contributed by atoms with Crippen LogP contribution >= 0.6 is 0 Å². The Morgan fingerprint density at radius 3 is 2.79 bits per heavy atom. The molecular weight excluding hydrogens is 360 g/mol. The van der Waals surface area contributed by atoms with Crippen LogP contribution < -0.4 is 10.6 Å². The predicted molar refractivity (Wildman–Crippen MR) is 119 cm³/mol. The summed E-state index contributed by atoms with van der Waals surface area (Å²) < 4.78 is 2.27. The van der Waals surface area contributed by atoms with Crippen molar-refractivity contribution in [1.82, 2.24) is 25.2 Å². The van der Waals surface area contributed by atoms with Crippen LogP contribution in [0, 0.1) is 6.92 Å². The summed E-state index contributed by atoms with van der Waals surface area (Å²) in [7, 11) is 1.80. The summed E-state index contributed by atoms with van der Waals surface area (Å²) in [5.41, 5.74) is 4.43. The summed E-state index contributed by atoms with van der Waals surface area (Å²) >= 11 is 0. The van der Waals surface area contributed by atoms with Gasteiger partial charge in [0, 0.05) is 38.3 Å². The summed E-state index contributed by atoms with van der Waals surface area (Å²) in [4.78, 5) is 13.5. The molecule has 2 heterocycles. The zero-order valence-electron chi connectivity index (χ0n) is 16.9. The number of nitrogens with zero attached hydrogens (tertiary/aromatic N) is 4. The smallest absolute Gasteiger partial charge is 0.191 e. The number of aryl methyl sites for hydroxylation is 2. The van der Waals surface area contributed by atoms with Gasteiger partial charge in [-0.2, -0.15) is 0 Å². The Morgan fingerprint density at radius 2 is 1.90 bits per heavy atom. The van der Waals surface area contributed by atoms with Gasteiger partial charge in [-0.25, -0.2) is 4.98 Å². The van der Waals surface area contributed by atoms with Gasteiger partial charge in [0.25, 0.3) is 0 Å². The summed E-state index contributed by atoms with van der Waals surface area (Å²) in [6.45, 7) is 4.49. The van der Waals surface area contributed by atoms with Crippen LogP contribution in [-0.4, -0.2) is 34.1 Å². The Hall–Kier alpha value is -3.41. The third-order valence-electron chi connectivity index (χ3n) is 5.08. The van der Waals surface area contributed by atoms with Crippen LogP contribution in [0.15, 0.2) is 65.8 Å². The van der Waals surface area contributed by atoms with Gasteiger partial charge in [-0.1, -0.05) is 36.4 Å². The van der Waals surface area contributed by atoms with E-state index < -0.39 is 0 Å². The third kappa shape index (κ3) is 4.21. The van der Waals surface area contributed by atoms with Crippen LogP contribution in [-0.2, 0) is 13.1 Å². The Labute approximate surface area is 170 Å². The van der Waals surface area contributed by atoms with E-state index in [0.29, 0.717) is 6.54 Å². The Balaban J connectivity index is 1.31. The van der Waals surface area contributed by atoms with Crippen molar-refractivity contribution in [1.29, 1.82) is 0 Å². The molecule has 0 fully saturated rings. The molecule has 0 aliphatic carbocycles. The average molecular weight is 387 g/mol. The Bertz CT molecular complexity index is 1140. The molecule has 0 spiro atoms. The molecule has 0 bridgehead atoms. The fourth-order valence-electron chi connectivity index (χ4n) is 3.63. The molecular formula is C23H26N6. The standard InChI is InChI=1S/C23H26N6/c1-17-28-20-11-3-4-12-21(20)29(17)15-7-14-26-23(24-2)27-16-19-9-5-8-18-10-6-13-25-22(18)19/h3-6,8-13H,7,14-16H2,1-2H3,(H2,24,26,27). The first-order chi connectivity index (χ1) is 14.3. The van der Waals surface area contributed by atoms with Crippen LogP contribution in [0.5, 0.6) is 0 Å². The number of fused-ring (bicyclic) bond motifs is 2. The quantitative estimate of drug-likeness (QED) is 0.302. The molecule has 0 saturated heterocycles. The van der Waals surface area contributed by atoms with Crippen molar-refractivity contribution in [2.75, 3.05) is 13.6 Å². The minimum atomic E-state index is 0.680. The molecule has 0 amide bonds. The predicted octanol–water partition coefficient (Wildman–Crippen LogP) is 3.65. The molecule has 6 heteroatoms.